The molecule has 0 heterocycles. The number of ketones is 1. The number of hydrogen-bond acceptors (Lipinski definition) is 6. The molecular weight excluding hydrogens is 488 g/mol. The molecule has 0 aliphatic carbocycles. The van der Waals surface area contributed by atoms with Gasteiger partial charge in [-0.05, 0) is 87.5 Å². The Morgan fingerprint density at radius 2 is 1.43 bits per heavy atom. The molecular formula is C29H48N2O5S. The molecule has 0 aromatic rings. The van der Waals surface area contributed by atoms with Crippen LogP contribution in [-0.2, 0) is 19.1 Å². The smallest absolute Gasteiger partial charge is 0.408 e. The van der Waals surface area contributed by atoms with Gasteiger partial charge < -0.3 is 20.2 Å². The van der Waals surface area contributed by atoms with Gasteiger partial charge >= 0.3 is 6.09 Å². The summed E-state index contributed by atoms with van der Waals surface area (Å²) >= 11 is 1.56. The van der Waals surface area contributed by atoms with Crippen molar-refractivity contribution in [1.82, 2.24) is 10.6 Å². The van der Waals surface area contributed by atoms with Crippen molar-refractivity contribution >= 4 is 35.8 Å². The predicted molar refractivity (Wildman–Crippen MR) is 154 cm³/mol. The zero-order chi connectivity index (χ0) is 28.4. The lowest BCUT2D eigenvalue weighted by Gasteiger charge is -2.24. The number of Topliss-reactive ketones (excluding diaryl/α,β-unsaturated/α-hetero) is 1. The molecule has 0 aliphatic heterocycles. The van der Waals surface area contributed by atoms with Crippen molar-refractivity contribution in [2.75, 3.05) is 11.5 Å². The summed E-state index contributed by atoms with van der Waals surface area (Å²) in [4.78, 5) is 47.9. The first-order valence-electron chi connectivity index (χ1n) is 13.0. The normalized spacial score (nSPS) is 13.8. The number of aldehydes is 1. The molecule has 0 aromatic heterocycles. The van der Waals surface area contributed by atoms with Crippen molar-refractivity contribution in [2.45, 2.75) is 112 Å². The molecule has 0 rings (SSSR count). The standard InChI is InChI=1S/C29H48N2O5S/c1-21(2)12-9-13-22(3)14-10-15-23(4)17-19-37-20-26(24(5)33)30-27(34)25(16-11-18-32)31-28(35)36-29(6,7)8/h12,14,17-18,25-26H,9-11,13,15-16,19-20H2,1-8H3,(H,30,34)(H,31,35)/b22-14+,23-17+. The van der Waals surface area contributed by atoms with E-state index in [4.69, 9.17) is 4.74 Å². The van der Waals surface area contributed by atoms with Gasteiger partial charge in [-0.15, -0.1) is 0 Å². The zero-order valence-electron chi connectivity index (χ0n) is 24.1. The highest BCUT2D eigenvalue weighted by atomic mass is 32.2. The number of hydrogen-bond donors (Lipinski definition) is 2. The van der Waals surface area contributed by atoms with Crippen molar-refractivity contribution in [2.24, 2.45) is 0 Å². The minimum Gasteiger partial charge on any atom is -0.444 e. The number of alkyl carbamates (subject to hydrolysis) is 1. The van der Waals surface area contributed by atoms with Crippen molar-refractivity contribution in [3.8, 4) is 0 Å². The molecule has 0 fully saturated rings. The first-order chi connectivity index (χ1) is 17.2. The molecule has 0 saturated heterocycles. The van der Waals surface area contributed by atoms with E-state index in [1.54, 1.807) is 32.5 Å². The summed E-state index contributed by atoms with van der Waals surface area (Å²) in [5.74, 6) is 0.481. The predicted octanol–water partition coefficient (Wildman–Crippen LogP) is 6.09. The maximum Gasteiger partial charge on any atom is 0.408 e. The molecule has 0 spiro atoms. The fourth-order valence-corrected chi connectivity index (χ4v) is 4.30. The quantitative estimate of drug-likeness (QED) is 0.133. The van der Waals surface area contributed by atoms with E-state index >= 15 is 0 Å². The number of thioether (sulfide) groups is 1. The minimum absolute atomic E-state index is 0.0988. The Bertz CT molecular complexity index is 836. The van der Waals surface area contributed by atoms with Crippen LogP contribution in [0.5, 0.6) is 0 Å². The Morgan fingerprint density at radius 1 is 0.838 bits per heavy atom. The molecule has 210 valence electrons. The molecule has 8 heteroatoms. The van der Waals surface area contributed by atoms with Crippen LogP contribution in [-0.4, -0.2) is 53.3 Å². The summed E-state index contributed by atoms with van der Waals surface area (Å²) in [5.41, 5.74) is 3.33. The Hall–Kier alpha value is -2.35. The summed E-state index contributed by atoms with van der Waals surface area (Å²) in [6, 6.07) is -1.65. The zero-order valence-corrected chi connectivity index (χ0v) is 24.9. The summed E-state index contributed by atoms with van der Waals surface area (Å²) in [5, 5.41) is 5.23. The fraction of sp³-hybridized carbons (Fsp3) is 0.655. The van der Waals surface area contributed by atoms with E-state index < -0.39 is 29.7 Å². The van der Waals surface area contributed by atoms with Crippen LogP contribution in [0.2, 0.25) is 0 Å². The Kier molecular flexibility index (Phi) is 17.6. The van der Waals surface area contributed by atoms with E-state index in [0.717, 1.165) is 31.4 Å². The van der Waals surface area contributed by atoms with E-state index in [0.29, 0.717) is 12.0 Å². The maximum atomic E-state index is 12.8. The van der Waals surface area contributed by atoms with Crippen LogP contribution in [0.1, 0.15) is 93.9 Å². The fourth-order valence-electron chi connectivity index (χ4n) is 3.21. The van der Waals surface area contributed by atoms with Gasteiger partial charge in [0.15, 0.2) is 5.78 Å². The summed E-state index contributed by atoms with van der Waals surface area (Å²) < 4.78 is 5.22. The van der Waals surface area contributed by atoms with Gasteiger partial charge in [0.25, 0.3) is 0 Å². The van der Waals surface area contributed by atoms with Crippen molar-refractivity contribution in [3.05, 3.63) is 34.9 Å². The highest BCUT2D eigenvalue weighted by Crippen LogP contribution is 2.13. The second kappa shape index (κ2) is 18.8. The van der Waals surface area contributed by atoms with E-state index in [1.165, 1.54) is 23.6 Å². The monoisotopic (exact) mass is 536 g/mol. The number of allylic oxidation sites excluding steroid dienone is 5. The van der Waals surface area contributed by atoms with Crippen molar-refractivity contribution in [3.63, 3.8) is 0 Å². The number of amides is 2. The third kappa shape index (κ3) is 19.4. The molecule has 0 bridgehead atoms. The van der Waals surface area contributed by atoms with Gasteiger partial charge in [-0.3, -0.25) is 9.59 Å². The van der Waals surface area contributed by atoms with E-state index in [-0.39, 0.29) is 18.6 Å². The summed E-state index contributed by atoms with van der Waals surface area (Å²) in [6.07, 6.45) is 11.1. The SMILES string of the molecule is CC(=O)C(CSC/C=C(\C)CC/C=C(\C)CCC=C(C)C)NC(=O)C(CCC=O)NC(=O)OC(C)(C)C. The highest BCUT2D eigenvalue weighted by molar-refractivity contribution is 7.99. The van der Waals surface area contributed by atoms with Gasteiger partial charge in [0.05, 0.1) is 6.04 Å². The van der Waals surface area contributed by atoms with Crippen LogP contribution >= 0.6 is 11.8 Å². The van der Waals surface area contributed by atoms with Gasteiger partial charge in [-0.25, -0.2) is 4.79 Å². The average Bonchev–Trinajstić information content (AvgIpc) is 2.76. The average molecular weight is 537 g/mol. The van der Waals surface area contributed by atoms with Crippen molar-refractivity contribution in [1.29, 1.82) is 0 Å². The topological polar surface area (TPSA) is 102 Å². The van der Waals surface area contributed by atoms with E-state index in [9.17, 15) is 19.2 Å². The summed E-state index contributed by atoms with van der Waals surface area (Å²) in [7, 11) is 0. The molecule has 2 amide bonds. The molecule has 0 saturated carbocycles. The van der Waals surface area contributed by atoms with Gasteiger partial charge in [0, 0.05) is 17.9 Å². The molecule has 0 aliphatic rings. The molecule has 37 heavy (non-hydrogen) atoms. The van der Waals surface area contributed by atoms with E-state index in [2.05, 4.69) is 56.6 Å². The highest BCUT2D eigenvalue weighted by Gasteiger charge is 2.27. The molecule has 7 nitrogen and oxygen atoms in total. The Morgan fingerprint density at radius 3 is 1.97 bits per heavy atom. The van der Waals surface area contributed by atoms with Crippen molar-refractivity contribution < 1.29 is 23.9 Å². The third-order valence-electron chi connectivity index (χ3n) is 5.34. The van der Waals surface area contributed by atoms with Gasteiger partial charge in [-0.2, -0.15) is 11.8 Å². The van der Waals surface area contributed by atoms with Crippen LogP contribution in [0.4, 0.5) is 4.79 Å². The minimum atomic E-state index is -0.965. The molecule has 2 unspecified atom stereocenters. The maximum absolute atomic E-state index is 12.8. The lowest BCUT2D eigenvalue weighted by atomic mass is 10.1. The number of carbonyl (C=O) groups excluding carboxylic acids is 4. The first-order valence-corrected chi connectivity index (χ1v) is 14.2. The van der Waals surface area contributed by atoms with Gasteiger partial charge in [-0.1, -0.05) is 34.9 Å². The van der Waals surface area contributed by atoms with Crippen LogP contribution in [0, 0.1) is 0 Å². The number of nitrogens with one attached hydrogen (secondary N) is 2. The Balaban J connectivity index is 4.75. The second-order valence-electron chi connectivity index (χ2n) is 10.6. The van der Waals surface area contributed by atoms with Crippen LogP contribution in [0.3, 0.4) is 0 Å². The lowest BCUT2D eigenvalue weighted by Crippen LogP contribution is -2.52. The second-order valence-corrected chi connectivity index (χ2v) is 11.7. The largest absolute Gasteiger partial charge is 0.444 e. The molecule has 2 N–H and O–H groups in total. The van der Waals surface area contributed by atoms with E-state index in [1.807, 2.05) is 0 Å². The van der Waals surface area contributed by atoms with Gasteiger partial charge in [0.2, 0.25) is 5.91 Å². The van der Waals surface area contributed by atoms with Gasteiger partial charge in [0.1, 0.15) is 17.9 Å². The number of ether oxygens (including phenoxy) is 1. The number of carbonyl (C=O) groups is 4. The molecule has 0 aromatic carbocycles. The summed E-state index contributed by atoms with van der Waals surface area (Å²) in [6.45, 7) is 15.1. The Labute approximate surface area is 228 Å². The van der Waals surface area contributed by atoms with Crippen LogP contribution in [0.25, 0.3) is 0 Å². The van der Waals surface area contributed by atoms with Crippen LogP contribution < -0.4 is 10.6 Å². The molecule has 2 atom stereocenters. The first kappa shape index (κ1) is 34.6. The third-order valence-corrected chi connectivity index (χ3v) is 6.32. The number of rotatable bonds is 17. The molecule has 0 radical (unpaired) electrons. The lowest BCUT2D eigenvalue weighted by molar-refractivity contribution is -0.128. The van der Waals surface area contributed by atoms with Crippen LogP contribution in [0.15, 0.2) is 34.9 Å².